The molecular weight excluding hydrogens is 318 g/mol. The lowest BCUT2D eigenvalue weighted by Crippen LogP contribution is -2.46. The highest BCUT2D eigenvalue weighted by atomic mass is 16.2. The van der Waals surface area contributed by atoms with Crippen LogP contribution in [0.4, 0.5) is 5.82 Å². The maximum absolute atomic E-state index is 12.6. The standard InChI is InChI=1S/C17H27N7O/c1-3-4-7-23-8-5-13(6-9-23)22-17(25)12(2)24-11-21-14-15(18)19-10-20-16(14)24/h10-13H,3-9H2,1-2H3,(H,22,25)(H2,18,19,20). The van der Waals surface area contributed by atoms with E-state index in [1.54, 1.807) is 10.9 Å². The summed E-state index contributed by atoms with van der Waals surface area (Å²) in [6.07, 6.45) is 7.47. The Balaban J connectivity index is 1.59. The van der Waals surface area contributed by atoms with Gasteiger partial charge in [0, 0.05) is 19.1 Å². The number of likely N-dealkylation sites (tertiary alicyclic amines) is 1. The lowest BCUT2D eigenvalue weighted by molar-refractivity contribution is -0.124. The van der Waals surface area contributed by atoms with Gasteiger partial charge in [0.25, 0.3) is 0 Å². The maximum atomic E-state index is 12.6. The molecule has 3 N–H and O–H groups in total. The molecule has 1 atom stereocenters. The van der Waals surface area contributed by atoms with Crippen LogP contribution < -0.4 is 11.1 Å². The minimum Gasteiger partial charge on any atom is -0.382 e. The molecule has 8 heteroatoms. The Hall–Kier alpha value is -2.22. The SMILES string of the molecule is CCCCN1CCC(NC(=O)C(C)n2cnc3c(N)ncnc32)CC1. The summed E-state index contributed by atoms with van der Waals surface area (Å²) in [4.78, 5) is 27.5. The van der Waals surface area contributed by atoms with Gasteiger partial charge in [0.2, 0.25) is 5.91 Å². The van der Waals surface area contributed by atoms with Crippen LogP contribution in [0.2, 0.25) is 0 Å². The van der Waals surface area contributed by atoms with Crippen LogP contribution in [0.25, 0.3) is 11.2 Å². The van der Waals surface area contributed by atoms with E-state index in [0.29, 0.717) is 17.0 Å². The van der Waals surface area contributed by atoms with Gasteiger partial charge in [0.15, 0.2) is 11.5 Å². The summed E-state index contributed by atoms with van der Waals surface area (Å²) in [5.41, 5.74) is 6.93. The van der Waals surface area contributed by atoms with E-state index in [4.69, 9.17) is 5.73 Å². The number of fused-ring (bicyclic) bond motifs is 1. The molecule has 0 aromatic carbocycles. The molecule has 25 heavy (non-hydrogen) atoms. The van der Waals surface area contributed by atoms with Crippen molar-refractivity contribution in [1.29, 1.82) is 0 Å². The number of nitrogens with one attached hydrogen (secondary N) is 1. The fraction of sp³-hybridized carbons (Fsp3) is 0.647. The third-order valence-corrected chi connectivity index (χ3v) is 4.95. The first-order valence-corrected chi connectivity index (χ1v) is 9.06. The molecule has 2 aromatic heterocycles. The fourth-order valence-corrected chi connectivity index (χ4v) is 3.28. The van der Waals surface area contributed by atoms with Gasteiger partial charge in [0.05, 0.1) is 6.33 Å². The van der Waals surface area contributed by atoms with E-state index in [9.17, 15) is 4.79 Å². The zero-order chi connectivity index (χ0) is 17.8. The molecule has 0 saturated carbocycles. The second-order valence-electron chi connectivity index (χ2n) is 6.74. The van der Waals surface area contributed by atoms with Crippen LogP contribution in [-0.4, -0.2) is 56.0 Å². The fourth-order valence-electron chi connectivity index (χ4n) is 3.28. The summed E-state index contributed by atoms with van der Waals surface area (Å²) >= 11 is 0. The van der Waals surface area contributed by atoms with Crippen molar-refractivity contribution in [2.24, 2.45) is 0 Å². The van der Waals surface area contributed by atoms with Crippen LogP contribution in [-0.2, 0) is 4.79 Å². The molecule has 0 radical (unpaired) electrons. The van der Waals surface area contributed by atoms with Crippen molar-refractivity contribution in [2.45, 2.75) is 51.6 Å². The Bertz CT molecular complexity index is 721. The largest absolute Gasteiger partial charge is 0.382 e. The Morgan fingerprint density at radius 1 is 1.36 bits per heavy atom. The van der Waals surface area contributed by atoms with Crippen LogP contribution in [0.1, 0.15) is 45.6 Å². The van der Waals surface area contributed by atoms with Gasteiger partial charge in [-0.3, -0.25) is 4.79 Å². The minimum absolute atomic E-state index is 0.0107. The Labute approximate surface area is 147 Å². The van der Waals surface area contributed by atoms with Gasteiger partial charge >= 0.3 is 0 Å². The predicted octanol–water partition coefficient (Wildman–Crippen LogP) is 1.35. The molecular formula is C17H27N7O. The van der Waals surface area contributed by atoms with Crippen LogP contribution >= 0.6 is 0 Å². The molecule has 3 heterocycles. The Kier molecular flexibility index (Phi) is 5.47. The first-order chi connectivity index (χ1) is 12.1. The summed E-state index contributed by atoms with van der Waals surface area (Å²) in [7, 11) is 0. The first kappa shape index (κ1) is 17.6. The molecule has 1 aliphatic heterocycles. The van der Waals surface area contributed by atoms with Crippen molar-refractivity contribution in [2.75, 3.05) is 25.4 Å². The quantitative estimate of drug-likeness (QED) is 0.819. The number of unbranched alkanes of at least 4 members (excludes halogenated alkanes) is 1. The first-order valence-electron chi connectivity index (χ1n) is 9.06. The van der Waals surface area contributed by atoms with E-state index >= 15 is 0 Å². The summed E-state index contributed by atoms with van der Waals surface area (Å²) in [5.74, 6) is 0.319. The van der Waals surface area contributed by atoms with Gasteiger partial charge < -0.3 is 20.5 Å². The number of hydrogen-bond acceptors (Lipinski definition) is 6. The number of anilines is 1. The third-order valence-electron chi connectivity index (χ3n) is 4.95. The number of piperidine rings is 1. The normalized spacial score (nSPS) is 17.7. The van der Waals surface area contributed by atoms with Gasteiger partial charge in [0.1, 0.15) is 17.9 Å². The lowest BCUT2D eigenvalue weighted by Gasteiger charge is -2.32. The molecule has 0 spiro atoms. The molecule has 2 aromatic rings. The van der Waals surface area contributed by atoms with Crippen molar-refractivity contribution >= 4 is 22.9 Å². The molecule has 1 amide bonds. The van der Waals surface area contributed by atoms with Crippen molar-refractivity contribution < 1.29 is 4.79 Å². The van der Waals surface area contributed by atoms with Gasteiger partial charge in [-0.25, -0.2) is 15.0 Å². The number of nitrogen functional groups attached to an aromatic ring is 1. The molecule has 0 aliphatic carbocycles. The van der Waals surface area contributed by atoms with E-state index in [0.717, 1.165) is 32.5 Å². The van der Waals surface area contributed by atoms with Crippen LogP contribution in [0.3, 0.4) is 0 Å². The minimum atomic E-state index is -0.391. The lowest BCUT2D eigenvalue weighted by atomic mass is 10.0. The number of carbonyl (C=O) groups is 1. The summed E-state index contributed by atoms with van der Waals surface area (Å²) in [5, 5.41) is 3.17. The number of nitrogens with two attached hydrogens (primary N) is 1. The summed E-state index contributed by atoms with van der Waals surface area (Å²) < 4.78 is 1.75. The van der Waals surface area contributed by atoms with Crippen molar-refractivity contribution in [3.8, 4) is 0 Å². The van der Waals surface area contributed by atoms with Gasteiger partial charge in [-0.2, -0.15) is 0 Å². The highest BCUT2D eigenvalue weighted by Gasteiger charge is 2.24. The molecule has 0 bridgehead atoms. The molecule has 136 valence electrons. The number of rotatable bonds is 6. The van der Waals surface area contributed by atoms with Crippen LogP contribution in [0, 0.1) is 0 Å². The number of carbonyl (C=O) groups excluding carboxylic acids is 1. The van der Waals surface area contributed by atoms with Gasteiger partial charge in [-0.15, -0.1) is 0 Å². The zero-order valence-electron chi connectivity index (χ0n) is 15.0. The Morgan fingerprint density at radius 3 is 2.84 bits per heavy atom. The van der Waals surface area contributed by atoms with Crippen molar-refractivity contribution in [1.82, 2.24) is 29.7 Å². The summed E-state index contributed by atoms with van der Waals surface area (Å²) in [6, 6.07) is -0.153. The van der Waals surface area contributed by atoms with Crippen LogP contribution in [0.5, 0.6) is 0 Å². The van der Waals surface area contributed by atoms with E-state index in [2.05, 4.69) is 32.1 Å². The monoisotopic (exact) mass is 345 g/mol. The molecule has 8 nitrogen and oxygen atoms in total. The smallest absolute Gasteiger partial charge is 0.243 e. The molecule has 1 unspecified atom stereocenters. The molecule has 1 saturated heterocycles. The predicted molar refractivity (Wildman–Crippen MR) is 97.0 cm³/mol. The van der Waals surface area contributed by atoms with Crippen LogP contribution in [0.15, 0.2) is 12.7 Å². The van der Waals surface area contributed by atoms with Crippen molar-refractivity contribution in [3.63, 3.8) is 0 Å². The second-order valence-corrected chi connectivity index (χ2v) is 6.74. The van der Waals surface area contributed by atoms with E-state index in [1.807, 2.05) is 6.92 Å². The zero-order valence-corrected chi connectivity index (χ0v) is 15.0. The third kappa shape index (κ3) is 3.89. The maximum Gasteiger partial charge on any atom is 0.243 e. The number of amides is 1. The average Bonchev–Trinajstić information content (AvgIpc) is 3.06. The molecule has 1 fully saturated rings. The molecule has 3 rings (SSSR count). The van der Waals surface area contributed by atoms with Crippen molar-refractivity contribution in [3.05, 3.63) is 12.7 Å². The number of imidazole rings is 1. The van der Waals surface area contributed by atoms with E-state index in [1.165, 1.54) is 19.2 Å². The van der Waals surface area contributed by atoms with Gasteiger partial charge in [-0.1, -0.05) is 13.3 Å². The summed E-state index contributed by atoms with van der Waals surface area (Å²) in [6.45, 7) is 7.34. The second kappa shape index (κ2) is 7.77. The molecule has 1 aliphatic rings. The topological polar surface area (TPSA) is 102 Å². The number of hydrogen-bond donors (Lipinski definition) is 2. The van der Waals surface area contributed by atoms with E-state index in [-0.39, 0.29) is 11.9 Å². The average molecular weight is 345 g/mol. The Morgan fingerprint density at radius 2 is 2.12 bits per heavy atom. The number of nitrogens with zero attached hydrogens (tertiary/aromatic N) is 5. The highest BCUT2D eigenvalue weighted by molar-refractivity contribution is 5.85. The highest BCUT2D eigenvalue weighted by Crippen LogP contribution is 2.19. The number of aromatic nitrogens is 4. The van der Waals surface area contributed by atoms with Gasteiger partial charge in [-0.05, 0) is 32.7 Å². The van der Waals surface area contributed by atoms with E-state index < -0.39 is 6.04 Å².